The zero-order chi connectivity index (χ0) is 40.7. The summed E-state index contributed by atoms with van der Waals surface area (Å²) in [4.78, 5) is 12.4. The smallest absolute Gasteiger partial charge is 0.220 e. The van der Waals surface area contributed by atoms with Crippen molar-refractivity contribution in [2.45, 2.75) is 321 Å². The van der Waals surface area contributed by atoms with Crippen LogP contribution in [-0.2, 0) is 4.79 Å². The minimum absolute atomic E-state index is 0.0266. The van der Waals surface area contributed by atoms with Crippen molar-refractivity contribution in [3.8, 4) is 0 Å². The second-order valence-electron chi connectivity index (χ2n) is 18.3. The van der Waals surface area contributed by atoms with Crippen molar-refractivity contribution >= 4 is 5.91 Å². The van der Waals surface area contributed by atoms with E-state index < -0.39 is 12.1 Å². The van der Waals surface area contributed by atoms with Gasteiger partial charge in [0.15, 0.2) is 0 Å². The number of amides is 1. The summed E-state index contributed by atoms with van der Waals surface area (Å²) in [5.41, 5.74) is 0. The highest BCUT2D eigenvalue weighted by molar-refractivity contribution is 5.76. The molecule has 0 aromatic rings. The first-order valence-corrected chi connectivity index (χ1v) is 26.2. The van der Waals surface area contributed by atoms with Gasteiger partial charge >= 0.3 is 0 Å². The van der Waals surface area contributed by atoms with E-state index in [4.69, 9.17) is 0 Å². The molecule has 0 heterocycles. The van der Waals surface area contributed by atoms with Gasteiger partial charge in [0.1, 0.15) is 0 Å². The number of unbranched alkanes of at least 4 members (excludes halogenated alkanes) is 42. The molecule has 0 bridgehead atoms. The number of aliphatic hydroxyl groups is 2. The van der Waals surface area contributed by atoms with Crippen LogP contribution in [0.25, 0.3) is 0 Å². The first-order chi connectivity index (χ1) is 27.7. The molecule has 0 aliphatic rings. The fourth-order valence-electron chi connectivity index (χ4n) is 8.60. The van der Waals surface area contributed by atoms with Crippen LogP contribution < -0.4 is 5.32 Å². The van der Waals surface area contributed by atoms with Gasteiger partial charge in [0, 0.05) is 6.42 Å². The Morgan fingerprint density at radius 3 is 0.804 bits per heavy atom. The van der Waals surface area contributed by atoms with E-state index >= 15 is 0 Å². The predicted octanol–water partition coefficient (Wildman–Crippen LogP) is 16.8. The third kappa shape index (κ3) is 44.5. The molecule has 2 atom stereocenters. The molecule has 0 saturated carbocycles. The Bertz CT molecular complexity index is 729. The molecule has 4 heteroatoms. The first-order valence-electron chi connectivity index (χ1n) is 26.2. The molecule has 0 rings (SSSR count). The lowest BCUT2D eigenvalue weighted by molar-refractivity contribution is -0.123. The second-order valence-corrected chi connectivity index (χ2v) is 18.3. The quantitative estimate of drug-likeness (QED) is 0.0538. The van der Waals surface area contributed by atoms with Crippen molar-refractivity contribution in [2.24, 2.45) is 0 Å². The predicted molar refractivity (Wildman–Crippen MR) is 249 cm³/mol. The zero-order valence-electron chi connectivity index (χ0n) is 38.7. The van der Waals surface area contributed by atoms with Crippen LogP contribution in [-0.4, -0.2) is 34.9 Å². The normalized spacial score (nSPS) is 12.7. The van der Waals surface area contributed by atoms with Crippen LogP contribution in [0.5, 0.6) is 0 Å². The van der Waals surface area contributed by atoms with E-state index in [1.54, 1.807) is 0 Å². The van der Waals surface area contributed by atoms with Gasteiger partial charge < -0.3 is 15.5 Å². The monoisotopic (exact) mass is 792 g/mol. The molecule has 56 heavy (non-hydrogen) atoms. The Labute approximate surface area is 353 Å². The molecule has 1 amide bonds. The number of carbonyl (C=O) groups is 1. The molecule has 0 fully saturated rings. The van der Waals surface area contributed by atoms with Gasteiger partial charge in [0.05, 0.1) is 18.8 Å². The lowest BCUT2D eigenvalue weighted by Crippen LogP contribution is -2.45. The summed E-state index contributed by atoms with van der Waals surface area (Å²) in [7, 11) is 0. The van der Waals surface area contributed by atoms with Crippen LogP contribution in [0.1, 0.15) is 309 Å². The summed E-state index contributed by atoms with van der Waals surface area (Å²) in [5, 5.41) is 23.1. The number of aliphatic hydroxyl groups excluding tert-OH is 2. The van der Waals surface area contributed by atoms with Crippen LogP contribution in [0.2, 0.25) is 0 Å². The zero-order valence-corrected chi connectivity index (χ0v) is 38.7. The summed E-state index contributed by atoms with van der Waals surface area (Å²) < 4.78 is 0. The van der Waals surface area contributed by atoms with Gasteiger partial charge in [0.2, 0.25) is 5.91 Å². The standard InChI is InChI=1S/C52H105NO3/c1-3-5-7-9-11-13-14-15-16-17-18-19-20-21-22-23-24-25-26-27-28-29-30-31-32-33-34-35-36-37-38-40-42-44-46-48-52(56)53-50(49-54)51(55)47-45-43-41-39-12-10-8-6-4-2/h50-51,54-55H,3-49H2,1-2H3,(H,53,56)/t50-,51+/m0/s1. The summed E-state index contributed by atoms with van der Waals surface area (Å²) in [6, 6.07) is -0.528. The maximum Gasteiger partial charge on any atom is 0.220 e. The van der Waals surface area contributed by atoms with Gasteiger partial charge in [0.25, 0.3) is 0 Å². The van der Waals surface area contributed by atoms with Gasteiger partial charge in [-0.2, -0.15) is 0 Å². The Morgan fingerprint density at radius 2 is 0.571 bits per heavy atom. The summed E-state index contributed by atoms with van der Waals surface area (Å²) in [5.74, 6) is -0.0266. The van der Waals surface area contributed by atoms with Crippen LogP contribution in [0.4, 0.5) is 0 Å². The number of hydrogen-bond acceptors (Lipinski definition) is 3. The first kappa shape index (κ1) is 55.4. The largest absolute Gasteiger partial charge is 0.394 e. The highest BCUT2D eigenvalue weighted by Gasteiger charge is 2.20. The molecular formula is C52H105NO3. The molecule has 336 valence electrons. The average molecular weight is 792 g/mol. The van der Waals surface area contributed by atoms with Gasteiger partial charge in [-0.15, -0.1) is 0 Å². The minimum atomic E-state index is -0.651. The minimum Gasteiger partial charge on any atom is -0.394 e. The summed E-state index contributed by atoms with van der Waals surface area (Å²) in [6.45, 7) is 4.36. The number of rotatable bonds is 49. The Morgan fingerprint density at radius 1 is 0.357 bits per heavy atom. The lowest BCUT2D eigenvalue weighted by atomic mass is 10.0. The summed E-state index contributed by atoms with van der Waals surface area (Å²) >= 11 is 0. The molecular weight excluding hydrogens is 687 g/mol. The average Bonchev–Trinajstić information content (AvgIpc) is 3.20. The Balaban J connectivity index is 3.30. The van der Waals surface area contributed by atoms with Crippen LogP contribution in [0.15, 0.2) is 0 Å². The Kier molecular flexibility index (Phi) is 48.2. The van der Waals surface area contributed by atoms with E-state index in [0.717, 1.165) is 25.7 Å². The van der Waals surface area contributed by atoms with E-state index in [2.05, 4.69) is 19.2 Å². The third-order valence-corrected chi connectivity index (χ3v) is 12.6. The number of hydrogen-bond donors (Lipinski definition) is 3. The molecule has 0 aliphatic carbocycles. The maximum absolute atomic E-state index is 12.4. The lowest BCUT2D eigenvalue weighted by Gasteiger charge is -2.22. The molecule has 4 nitrogen and oxygen atoms in total. The molecule has 0 aliphatic heterocycles. The van der Waals surface area contributed by atoms with Gasteiger partial charge in [-0.05, 0) is 12.8 Å². The van der Waals surface area contributed by atoms with Crippen molar-refractivity contribution < 1.29 is 15.0 Å². The highest BCUT2D eigenvalue weighted by atomic mass is 16.3. The van der Waals surface area contributed by atoms with Crippen molar-refractivity contribution in [1.29, 1.82) is 0 Å². The van der Waals surface area contributed by atoms with E-state index in [9.17, 15) is 15.0 Å². The number of carbonyl (C=O) groups excluding carboxylic acids is 1. The van der Waals surface area contributed by atoms with Gasteiger partial charge in [-0.25, -0.2) is 0 Å². The Hall–Kier alpha value is -0.610. The molecule has 0 radical (unpaired) electrons. The van der Waals surface area contributed by atoms with Gasteiger partial charge in [-0.1, -0.05) is 290 Å². The van der Waals surface area contributed by atoms with Crippen molar-refractivity contribution in [2.75, 3.05) is 6.61 Å². The van der Waals surface area contributed by atoms with Gasteiger partial charge in [-0.3, -0.25) is 4.79 Å². The number of nitrogens with one attached hydrogen (secondary N) is 1. The molecule has 0 spiro atoms. The molecule has 0 aromatic carbocycles. The SMILES string of the molecule is CCCCCCCCCCCCCCCCCCCCCCCCCCCCCCCCCCCCCC(=O)N[C@@H](CO)[C@H](O)CCCCCCCCCCC. The summed E-state index contributed by atoms with van der Waals surface area (Å²) in [6.07, 6.45) is 61.1. The third-order valence-electron chi connectivity index (χ3n) is 12.6. The van der Waals surface area contributed by atoms with Crippen LogP contribution in [0.3, 0.4) is 0 Å². The molecule has 0 aromatic heterocycles. The van der Waals surface area contributed by atoms with E-state index in [1.165, 1.54) is 257 Å². The fourth-order valence-corrected chi connectivity index (χ4v) is 8.60. The topological polar surface area (TPSA) is 69.6 Å². The van der Waals surface area contributed by atoms with Crippen LogP contribution >= 0.6 is 0 Å². The highest BCUT2D eigenvalue weighted by Crippen LogP contribution is 2.18. The molecule has 0 saturated heterocycles. The van der Waals surface area contributed by atoms with Crippen molar-refractivity contribution in [3.05, 3.63) is 0 Å². The second kappa shape index (κ2) is 48.8. The van der Waals surface area contributed by atoms with E-state index in [0.29, 0.717) is 12.8 Å². The maximum atomic E-state index is 12.4. The van der Waals surface area contributed by atoms with Crippen LogP contribution in [0, 0.1) is 0 Å². The molecule has 0 unspecified atom stereocenters. The van der Waals surface area contributed by atoms with E-state index in [1.807, 2.05) is 0 Å². The fraction of sp³-hybridized carbons (Fsp3) is 0.981. The van der Waals surface area contributed by atoms with Crippen molar-refractivity contribution in [1.82, 2.24) is 5.32 Å². The van der Waals surface area contributed by atoms with E-state index in [-0.39, 0.29) is 12.5 Å². The molecule has 3 N–H and O–H groups in total. The van der Waals surface area contributed by atoms with Crippen molar-refractivity contribution in [3.63, 3.8) is 0 Å².